The molecule has 1 amide bonds. The van der Waals surface area contributed by atoms with E-state index in [9.17, 15) is 4.79 Å². The van der Waals surface area contributed by atoms with E-state index in [1.807, 2.05) is 43.0 Å². The molecule has 2 rings (SSSR count). The Balaban J connectivity index is 2.09. The average Bonchev–Trinajstić information content (AvgIpc) is 2.47. The van der Waals surface area contributed by atoms with Crippen molar-refractivity contribution in [2.75, 3.05) is 17.2 Å². The third kappa shape index (κ3) is 4.11. The number of carbonyl (C=O) groups excluding carboxylic acids is 1. The zero-order chi connectivity index (χ0) is 15.2. The monoisotopic (exact) mass is 303 g/mol. The van der Waals surface area contributed by atoms with Crippen LogP contribution in [0.4, 0.5) is 5.69 Å². The molecule has 112 valence electrons. The summed E-state index contributed by atoms with van der Waals surface area (Å²) in [4.78, 5) is 16.6. The normalized spacial score (nSPS) is 12.3. The van der Waals surface area contributed by atoms with Gasteiger partial charge in [0.25, 0.3) is 5.91 Å². The molecule has 1 heterocycles. The van der Waals surface area contributed by atoms with E-state index < -0.39 is 0 Å². The largest absolute Gasteiger partial charge is 0.398 e. The van der Waals surface area contributed by atoms with Gasteiger partial charge in [-0.1, -0.05) is 25.1 Å². The van der Waals surface area contributed by atoms with Gasteiger partial charge in [0.1, 0.15) is 5.69 Å². The van der Waals surface area contributed by atoms with Crippen LogP contribution in [0.1, 0.15) is 30.8 Å². The second-order valence-electron chi connectivity index (χ2n) is 4.97. The van der Waals surface area contributed by atoms with E-state index in [1.54, 1.807) is 6.07 Å². The standard InChI is InChI=1S/C16H21N3OS/c1-3-21-9-8-11(2)18-16(20)15-10-13(17)12-6-4-5-7-14(12)19-15/h4-7,10-11H,3,8-9H2,1-2H3,(H2,17,19)(H,18,20). The Morgan fingerprint density at radius 2 is 2.19 bits per heavy atom. The van der Waals surface area contributed by atoms with Gasteiger partial charge in [0, 0.05) is 17.1 Å². The number of nitrogen functional groups attached to an aromatic ring is 1. The molecule has 1 aromatic carbocycles. The third-order valence-corrected chi connectivity index (χ3v) is 4.19. The minimum Gasteiger partial charge on any atom is -0.398 e. The number of nitrogens with two attached hydrogens (primary N) is 1. The fourth-order valence-corrected chi connectivity index (χ4v) is 2.90. The first kappa shape index (κ1) is 15.6. The van der Waals surface area contributed by atoms with Crippen molar-refractivity contribution < 1.29 is 4.79 Å². The quantitative estimate of drug-likeness (QED) is 0.805. The number of benzene rings is 1. The lowest BCUT2D eigenvalue weighted by Gasteiger charge is -2.13. The molecule has 1 atom stereocenters. The number of amides is 1. The van der Waals surface area contributed by atoms with Gasteiger partial charge in [0.15, 0.2) is 0 Å². The minimum atomic E-state index is -0.165. The van der Waals surface area contributed by atoms with Crippen LogP contribution in [-0.4, -0.2) is 28.4 Å². The molecule has 4 nitrogen and oxygen atoms in total. The lowest BCUT2D eigenvalue weighted by molar-refractivity contribution is 0.0935. The molecule has 1 aromatic heterocycles. The molecule has 0 saturated carbocycles. The van der Waals surface area contributed by atoms with Crippen molar-refractivity contribution in [3.63, 3.8) is 0 Å². The lowest BCUT2D eigenvalue weighted by Crippen LogP contribution is -2.33. The van der Waals surface area contributed by atoms with E-state index in [-0.39, 0.29) is 11.9 Å². The predicted molar refractivity (Wildman–Crippen MR) is 90.7 cm³/mol. The molecule has 0 radical (unpaired) electrons. The zero-order valence-corrected chi connectivity index (χ0v) is 13.2. The van der Waals surface area contributed by atoms with Gasteiger partial charge in [0.05, 0.1) is 5.52 Å². The Bertz CT molecular complexity index is 630. The molecule has 0 aliphatic carbocycles. The van der Waals surface area contributed by atoms with Gasteiger partial charge >= 0.3 is 0 Å². The van der Waals surface area contributed by atoms with Crippen molar-refractivity contribution in [3.8, 4) is 0 Å². The van der Waals surface area contributed by atoms with Crippen molar-refractivity contribution in [2.45, 2.75) is 26.3 Å². The van der Waals surface area contributed by atoms with Crippen LogP contribution in [-0.2, 0) is 0 Å². The molecule has 0 fully saturated rings. The van der Waals surface area contributed by atoms with E-state index >= 15 is 0 Å². The minimum absolute atomic E-state index is 0.131. The summed E-state index contributed by atoms with van der Waals surface area (Å²) in [5.74, 6) is 1.98. The van der Waals surface area contributed by atoms with Crippen molar-refractivity contribution in [2.24, 2.45) is 0 Å². The van der Waals surface area contributed by atoms with Crippen LogP contribution < -0.4 is 11.1 Å². The van der Waals surface area contributed by atoms with E-state index in [4.69, 9.17) is 5.73 Å². The molecule has 2 aromatic rings. The van der Waals surface area contributed by atoms with Gasteiger partial charge in [-0.2, -0.15) is 11.8 Å². The number of fused-ring (bicyclic) bond motifs is 1. The Kier molecular flexibility index (Phi) is 5.44. The van der Waals surface area contributed by atoms with Gasteiger partial charge in [-0.05, 0) is 37.0 Å². The SMILES string of the molecule is CCSCCC(C)NC(=O)c1cc(N)c2ccccc2n1. The summed E-state index contributed by atoms with van der Waals surface area (Å²) < 4.78 is 0. The average molecular weight is 303 g/mol. The van der Waals surface area contributed by atoms with Crippen molar-refractivity contribution in [1.29, 1.82) is 0 Å². The number of aromatic nitrogens is 1. The van der Waals surface area contributed by atoms with Crippen molar-refractivity contribution in [1.82, 2.24) is 10.3 Å². The molecule has 0 bridgehead atoms. The topological polar surface area (TPSA) is 68.0 Å². The van der Waals surface area contributed by atoms with Gasteiger partial charge in [0.2, 0.25) is 0 Å². The highest BCUT2D eigenvalue weighted by atomic mass is 32.2. The van der Waals surface area contributed by atoms with Gasteiger partial charge in [-0.15, -0.1) is 0 Å². The summed E-state index contributed by atoms with van der Waals surface area (Å²) in [7, 11) is 0. The number of hydrogen-bond donors (Lipinski definition) is 2. The molecule has 0 aliphatic rings. The Hall–Kier alpha value is -1.75. The maximum Gasteiger partial charge on any atom is 0.270 e. The summed E-state index contributed by atoms with van der Waals surface area (Å²) in [6, 6.07) is 9.35. The number of anilines is 1. The highest BCUT2D eigenvalue weighted by Gasteiger charge is 2.13. The number of carbonyl (C=O) groups is 1. The predicted octanol–water partition coefficient (Wildman–Crippen LogP) is 3.08. The fraction of sp³-hybridized carbons (Fsp3) is 0.375. The number of hydrogen-bond acceptors (Lipinski definition) is 4. The maximum absolute atomic E-state index is 12.2. The Morgan fingerprint density at radius 3 is 2.95 bits per heavy atom. The Morgan fingerprint density at radius 1 is 1.43 bits per heavy atom. The van der Waals surface area contributed by atoms with Gasteiger partial charge < -0.3 is 11.1 Å². The van der Waals surface area contributed by atoms with Crippen LogP contribution in [0, 0.1) is 0 Å². The number of nitrogens with one attached hydrogen (secondary N) is 1. The summed E-state index contributed by atoms with van der Waals surface area (Å²) in [5.41, 5.74) is 7.71. The Labute approximate surface area is 129 Å². The van der Waals surface area contributed by atoms with Crippen LogP contribution in [0.3, 0.4) is 0 Å². The maximum atomic E-state index is 12.2. The fourth-order valence-electron chi connectivity index (χ4n) is 2.09. The number of rotatable bonds is 6. The molecule has 21 heavy (non-hydrogen) atoms. The van der Waals surface area contributed by atoms with Crippen LogP contribution in [0.15, 0.2) is 30.3 Å². The van der Waals surface area contributed by atoms with Gasteiger partial charge in [-0.25, -0.2) is 4.98 Å². The van der Waals surface area contributed by atoms with E-state index in [2.05, 4.69) is 17.2 Å². The number of nitrogens with zero attached hydrogens (tertiary/aromatic N) is 1. The first-order valence-electron chi connectivity index (χ1n) is 7.15. The molecular weight excluding hydrogens is 282 g/mol. The zero-order valence-electron chi connectivity index (χ0n) is 12.4. The second-order valence-corrected chi connectivity index (χ2v) is 6.37. The summed E-state index contributed by atoms with van der Waals surface area (Å²) in [6.07, 6.45) is 0.952. The van der Waals surface area contributed by atoms with Crippen LogP contribution >= 0.6 is 11.8 Å². The summed E-state index contributed by atoms with van der Waals surface area (Å²) in [5, 5.41) is 3.85. The second kappa shape index (κ2) is 7.31. The lowest BCUT2D eigenvalue weighted by atomic mass is 10.1. The van der Waals surface area contributed by atoms with E-state index in [1.165, 1.54) is 0 Å². The molecule has 3 N–H and O–H groups in total. The van der Waals surface area contributed by atoms with Crippen molar-refractivity contribution >= 4 is 34.3 Å². The number of thioether (sulfide) groups is 1. The highest BCUT2D eigenvalue weighted by Crippen LogP contribution is 2.20. The van der Waals surface area contributed by atoms with E-state index in [0.29, 0.717) is 11.4 Å². The summed E-state index contributed by atoms with van der Waals surface area (Å²) in [6.45, 7) is 4.15. The molecular formula is C16H21N3OS. The molecule has 1 unspecified atom stereocenters. The molecule has 0 spiro atoms. The molecule has 5 heteroatoms. The first-order chi connectivity index (χ1) is 10.1. The van der Waals surface area contributed by atoms with Crippen LogP contribution in [0.5, 0.6) is 0 Å². The molecule has 0 saturated heterocycles. The molecule has 0 aliphatic heterocycles. The van der Waals surface area contributed by atoms with Crippen LogP contribution in [0.25, 0.3) is 10.9 Å². The number of pyridine rings is 1. The highest BCUT2D eigenvalue weighted by molar-refractivity contribution is 7.99. The van der Waals surface area contributed by atoms with Gasteiger partial charge in [-0.3, -0.25) is 4.79 Å². The summed E-state index contributed by atoms with van der Waals surface area (Å²) >= 11 is 1.88. The smallest absolute Gasteiger partial charge is 0.270 e. The first-order valence-corrected chi connectivity index (χ1v) is 8.31. The van der Waals surface area contributed by atoms with E-state index in [0.717, 1.165) is 28.8 Å². The van der Waals surface area contributed by atoms with Crippen molar-refractivity contribution in [3.05, 3.63) is 36.0 Å². The number of para-hydroxylation sites is 1. The third-order valence-electron chi connectivity index (χ3n) is 3.26. The van der Waals surface area contributed by atoms with Crippen LogP contribution in [0.2, 0.25) is 0 Å².